The van der Waals surface area contributed by atoms with Crippen molar-refractivity contribution in [2.75, 3.05) is 14.2 Å². The maximum atomic E-state index is 12.4. The first-order valence-corrected chi connectivity index (χ1v) is 7.09. The number of rotatable bonds is 2. The molecule has 2 aliphatic rings. The van der Waals surface area contributed by atoms with E-state index in [9.17, 15) is 4.79 Å². The van der Waals surface area contributed by atoms with Crippen molar-refractivity contribution in [2.45, 2.75) is 43.8 Å². The van der Waals surface area contributed by atoms with Gasteiger partial charge in [-0.3, -0.25) is 4.79 Å². The highest BCUT2D eigenvalue weighted by atomic mass is 16.5. The first-order chi connectivity index (χ1) is 9.65. The summed E-state index contributed by atoms with van der Waals surface area (Å²) in [4.78, 5) is 12.4. The standard InChI is InChI=1S/C16H20O4/c1-18-11-5-6-15-13(8-11)14(17)10-16(20-15)7-3-4-12(9-16)19-2/h5-6,8,12H,3-4,7,9-10H2,1-2H3. The monoisotopic (exact) mass is 276 g/mol. The van der Waals surface area contributed by atoms with Crippen LogP contribution in [0.1, 0.15) is 42.5 Å². The Kier molecular flexibility index (Phi) is 3.42. The third kappa shape index (κ3) is 2.29. The van der Waals surface area contributed by atoms with Gasteiger partial charge in [0.25, 0.3) is 0 Å². The SMILES string of the molecule is COc1ccc2c(c1)C(=O)CC1(CCCC(OC)C1)O2. The second-order valence-electron chi connectivity index (χ2n) is 5.70. The molecule has 108 valence electrons. The summed E-state index contributed by atoms with van der Waals surface area (Å²) in [6, 6.07) is 5.44. The fourth-order valence-electron chi connectivity index (χ4n) is 3.33. The van der Waals surface area contributed by atoms with Gasteiger partial charge in [-0.25, -0.2) is 0 Å². The third-order valence-electron chi connectivity index (χ3n) is 4.39. The smallest absolute Gasteiger partial charge is 0.170 e. The molecule has 0 aromatic heterocycles. The normalized spacial score (nSPS) is 28.9. The molecule has 1 aliphatic heterocycles. The number of ether oxygens (including phenoxy) is 3. The Bertz CT molecular complexity index is 525. The van der Waals surface area contributed by atoms with Crippen LogP contribution in [0.15, 0.2) is 18.2 Å². The zero-order chi connectivity index (χ0) is 14.2. The summed E-state index contributed by atoms with van der Waals surface area (Å²) in [5, 5.41) is 0. The lowest BCUT2D eigenvalue weighted by Crippen LogP contribution is -2.47. The molecule has 4 heteroatoms. The minimum absolute atomic E-state index is 0.141. The summed E-state index contributed by atoms with van der Waals surface area (Å²) in [7, 11) is 3.33. The van der Waals surface area contributed by atoms with Gasteiger partial charge < -0.3 is 14.2 Å². The van der Waals surface area contributed by atoms with E-state index < -0.39 is 0 Å². The van der Waals surface area contributed by atoms with Gasteiger partial charge in [0, 0.05) is 13.5 Å². The second kappa shape index (κ2) is 5.09. The molecule has 3 rings (SSSR count). The lowest BCUT2D eigenvalue weighted by Gasteiger charge is -2.43. The number of fused-ring (bicyclic) bond motifs is 1. The molecule has 1 saturated carbocycles. The van der Waals surface area contributed by atoms with Crippen LogP contribution in [-0.4, -0.2) is 31.7 Å². The second-order valence-corrected chi connectivity index (χ2v) is 5.70. The van der Waals surface area contributed by atoms with Crippen molar-refractivity contribution in [3.63, 3.8) is 0 Å². The Morgan fingerprint density at radius 3 is 2.95 bits per heavy atom. The maximum absolute atomic E-state index is 12.4. The molecule has 0 radical (unpaired) electrons. The van der Waals surface area contributed by atoms with E-state index in [0.29, 0.717) is 23.5 Å². The van der Waals surface area contributed by atoms with Crippen LogP contribution in [0.5, 0.6) is 11.5 Å². The number of ketones is 1. The zero-order valence-corrected chi connectivity index (χ0v) is 12.0. The molecule has 2 unspecified atom stereocenters. The van der Waals surface area contributed by atoms with E-state index in [0.717, 1.165) is 25.7 Å². The first-order valence-electron chi connectivity index (χ1n) is 7.09. The third-order valence-corrected chi connectivity index (χ3v) is 4.39. The van der Waals surface area contributed by atoms with Gasteiger partial charge in [-0.1, -0.05) is 0 Å². The molecule has 1 aromatic carbocycles. The van der Waals surface area contributed by atoms with Gasteiger partial charge in [0.2, 0.25) is 0 Å². The van der Waals surface area contributed by atoms with Crippen LogP contribution in [0.25, 0.3) is 0 Å². The Morgan fingerprint density at radius 2 is 2.20 bits per heavy atom. The maximum Gasteiger partial charge on any atom is 0.170 e. The highest BCUT2D eigenvalue weighted by molar-refractivity contribution is 6.00. The van der Waals surface area contributed by atoms with Crippen LogP contribution < -0.4 is 9.47 Å². The number of carbonyl (C=O) groups excluding carboxylic acids is 1. The van der Waals surface area contributed by atoms with E-state index in [4.69, 9.17) is 14.2 Å². The largest absolute Gasteiger partial charge is 0.497 e. The molecule has 0 N–H and O–H groups in total. The summed E-state index contributed by atoms with van der Waals surface area (Å²) in [5.74, 6) is 1.51. The molecule has 0 bridgehead atoms. The van der Waals surface area contributed by atoms with Gasteiger partial charge in [0.15, 0.2) is 5.78 Å². The van der Waals surface area contributed by atoms with Crippen molar-refractivity contribution < 1.29 is 19.0 Å². The van der Waals surface area contributed by atoms with E-state index in [1.807, 2.05) is 12.1 Å². The number of carbonyl (C=O) groups is 1. The van der Waals surface area contributed by atoms with Crippen LogP contribution in [0, 0.1) is 0 Å². The number of hydrogen-bond acceptors (Lipinski definition) is 4. The number of methoxy groups -OCH3 is 2. The molecule has 1 aliphatic carbocycles. The van der Waals surface area contributed by atoms with Gasteiger partial charge >= 0.3 is 0 Å². The van der Waals surface area contributed by atoms with Crippen LogP contribution in [0.4, 0.5) is 0 Å². The number of Topliss-reactive ketones (excluding diaryl/α,β-unsaturated/α-hetero) is 1. The van der Waals surface area contributed by atoms with Crippen molar-refractivity contribution >= 4 is 5.78 Å². The minimum atomic E-state index is -0.377. The van der Waals surface area contributed by atoms with Crippen molar-refractivity contribution in [1.29, 1.82) is 0 Å². The summed E-state index contributed by atoms with van der Waals surface area (Å²) < 4.78 is 16.8. The minimum Gasteiger partial charge on any atom is -0.497 e. The molecule has 1 heterocycles. The number of benzene rings is 1. The average Bonchev–Trinajstić information content (AvgIpc) is 2.47. The summed E-state index contributed by atoms with van der Waals surface area (Å²) >= 11 is 0. The predicted molar refractivity (Wildman–Crippen MR) is 74.6 cm³/mol. The molecule has 1 fully saturated rings. The molecule has 0 amide bonds. The van der Waals surface area contributed by atoms with Gasteiger partial charge in [0.1, 0.15) is 17.1 Å². The molecule has 1 aromatic rings. The predicted octanol–water partition coefficient (Wildman–Crippen LogP) is 2.99. The Hall–Kier alpha value is -1.55. The Labute approximate surface area is 119 Å². The van der Waals surface area contributed by atoms with E-state index >= 15 is 0 Å². The molecular weight excluding hydrogens is 256 g/mol. The van der Waals surface area contributed by atoms with Gasteiger partial charge in [-0.15, -0.1) is 0 Å². The summed E-state index contributed by atoms with van der Waals surface area (Å²) in [6.07, 6.45) is 4.43. The summed E-state index contributed by atoms with van der Waals surface area (Å²) in [6.45, 7) is 0. The quantitative estimate of drug-likeness (QED) is 0.833. The van der Waals surface area contributed by atoms with Crippen molar-refractivity contribution in [3.05, 3.63) is 23.8 Å². The van der Waals surface area contributed by atoms with Crippen LogP contribution >= 0.6 is 0 Å². The van der Waals surface area contributed by atoms with Gasteiger partial charge in [0.05, 0.1) is 25.2 Å². The van der Waals surface area contributed by atoms with Crippen LogP contribution in [0.2, 0.25) is 0 Å². The van der Waals surface area contributed by atoms with Gasteiger partial charge in [-0.05, 0) is 37.5 Å². The molecule has 4 nitrogen and oxygen atoms in total. The van der Waals surface area contributed by atoms with E-state index in [-0.39, 0.29) is 17.5 Å². The topological polar surface area (TPSA) is 44.8 Å². The van der Waals surface area contributed by atoms with Gasteiger partial charge in [-0.2, -0.15) is 0 Å². The molecule has 2 atom stereocenters. The number of hydrogen-bond donors (Lipinski definition) is 0. The first kappa shape index (κ1) is 13.4. The molecule has 20 heavy (non-hydrogen) atoms. The fraction of sp³-hybridized carbons (Fsp3) is 0.562. The fourth-order valence-corrected chi connectivity index (χ4v) is 3.33. The van der Waals surface area contributed by atoms with Crippen molar-refractivity contribution in [2.24, 2.45) is 0 Å². The average molecular weight is 276 g/mol. The Morgan fingerprint density at radius 1 is 1.35 bits per heavy atom. The van der Waals surface area contributed by atoms with Crippen LogP contribution in [-0.2, 0) is 4.74 Å². The Balaban J connectivity index is 1.90. The lowest BCUT2D eigenvalue weighted by molar-refractivity contribution is -0.0466. The zero-order valence-electron chi connectivity index (χ0n) is 12.0. The van der Waals surface area contributed by atoms with E-state index in [1.54, 1.807) is 20.3 Å². The summed E-state index contributed by atoms with van der Waals surface area (Å²) in [5.41, 5.74) is 0.256. The molecular formula is C16H20O4. The molecule has 0 saturated heterocycles. The van der Waals surface area contributed by atoms with Crippen molar-refractivity contribution in [1.82, 2.24) is 0 Å². The molecule has 1 spiro atoms. The highest BCUT2D eigenvalue weighted by Gasteiger charge is 2.44. The van der Waals surface area contributed by atoms with Crippen LogP contribution in [0.3, 0.4) is 0 Å². The van der Waals surface area contributed by atoms with E-state index in [1.165, 1.54) is 0 Å². The van der Waals surface area contributed by atoms with E-state index in [2.05, 4.69) is 0 Å². The van der Waals surface area contributed by atoms with Crippen molar-refractivity contribution in [3.8, 4) is 11.5 Å². The lowest BCUT2D eigenvalue weighted by atomic mass is 9.77. The highest BCUT2D eigenvalue weighted by Crippen LogP contribution is 2.43.